The molecule has 10 heteroatoms. The van der Waals surface area contributed by atoms with E-state index in [4.69, 9.17) is 9.47 Å². The van der Waals surface area contributed by atoms with Gasteiger partial charge >= 0.3 is 0 Å². The van der Waals surface area contributed by atoms with Crippen molar-refractivity contribution in [3.63, 3.8) is 0 Å². The van der Waals surface area contributed by atoms with Crippen molar-refractivity contribution in [2.24, 2.45) is 0 Å². The SMILES string of the molecule is O=C1CSC(=O)N1C1CCN(S(=O)(=O)c2ccc3c(c2)OCCO3)CC1. The quantitative estimate of drug-likeness (QED) is 0.758. The maximum atomic E-state index is 12.9. The molecule has 3 aliphatic rings. The molecule has 26 heavy (non-hydrogen) atoms. The van der Waals surface area contributed by atoms with Gasteiger partial charge in [0.2, 0.25) is 15.9 Å². The number of amides is 2. The first-order valence-corrected chi connectivity index (χ1v) is 10.8. The second kappa shape index (κ2) is 6.75. The second-order valence-corrected chi connectivity index (χ2v) is 9.12. The Morgan fingerprint density at radius 1 is 1.04 bits per heavy atom. The average Bonchev–Trinajstić information content (AvgIpc) is 3.00. The molecule has 2 amide bonds. The highest BCUT2D eigenvalue weighted by molar-refractivity contribution is 8.14. The molecule has 0 bridgehead atoms. The summed E-state index contributed by atoms with van der Waals surface area (Å²) in [4.78, 5) is 25.1. The van der Waals surface area contributed by atoms with Crippen LogP contribution in [0, 0.1) is 0 Å². The lowest BCUT2D eigenvalue weighted by Gasteiger charge is -2.34. The minimum Gasteiger partial charge on any atom is -0.486 e. The molecule has 8 nitrogen and oxygen atoms in total. The highest BCUT2D eigenvalue weighted by atomic mass is 32.2. The van der Waals surface area contributed by atoms with Crippen LogP contribution in [0.5, 0.6) is 11.5 Å². The summed E-state index contributed by atoms with van der Waals surface area (Å²) in [6.07, 6.45) is 0.893. The topological polar surface area (TPSA) is 93.2 Å². The fourth-order valence-corrected chi connectivity index (χ4v) is 5.65. The number of carbonyl (C=O) groups excluding carboxylic acids is 2. The van der Waals surface area contributed by atoms with E-state index in [1.807, 2.05) is 0 Å². The predicted molar refractivity (Wildman–Crippen MR) is 93.9 cm³/mol. The van der Waals surface area contributed by atoms with Crippen LogP contribution in [0.3, 0.4) is 0 Å². The maximum absolute atomic E-state index is 12.9. The summed E-state index contributed by atoms with van der Waals surface area (Å²) in [7, 11) is -3.67. The Balaban J connectivity index is 1.48. The minimum absolute atomic E-state index is 0.157. The zero-order valence-corrected chi connectivity index (χ0v) is 15.6. The normalized spacial score (nSPS) is 22.1. The van der Waals surface area contributed by atoms with Gasteiger partial charge in [-0.1, -0.05) is 11.8 Å². The lowest BCUT2D eigenvalue weighted by Crippen LogP contribution is -2.48. The van der Waals surface area contributed by atoms with Crippen molar-refractivity contribution in [2.45, 2.75) is 23.8 Å². The fourth-order valence-electron chi connectivity index (χ4n) is 3.39. The molecule has 0 aliphatic carbocycles. The number of hydrogen-bond donors (Lipinski definition) is 0. The van der Waals surface area contributed by atoms with Crippen molar-refractivity contribution in [2.75, 3.05) is 32.1 Å². The zero-order valence-electron chi connectivity index (χ0n) is 13.9. The van der Waals surface area contributed by atoms with Crippen LogP contribution in [-0.2, 0) is 14.8 Å². The van der Waals surface area contributed by atoms with E-state index in [1.54, 1.807) is 6.07 Å². The van der Waals surface area contributed by atoms with E-state index in [2.05, 4.69) is 0 Å². The van der Waals surface area contributed by atoms with Gasteiger partial charge in [0.15, 0.2) is 11.5 Å². The number of carbonyl (C=O) groups is 2. The van der Waals surface area contributed by atoms with Gasteiger partial charge in [0, 0.05) is 25.2 Å². The van der Waals surface area contributed by atoms with E-state index in [0.717, 1.165) is 11.8 Å². The van der Waals surface area contributed by atoms with Crippen molar-refractivity contribution in [3.05, 3.63) is 18.2 Å². The molecule has 1 aromatic rings. The summed E-state index contributed by atoms with van der Waals surface area (Å²) < 4.78 is 38.1. The largest absolute Gasteiger partial charge is 0.486 e. The highest BCUT2D eigenvalue weighted by Gasteiger charge is 2.39. The maximum Gasteiger partial charge on any atom is 0.289 e. The van der Waals surface area contributed by atoms with Crippen LogP contribution in [0.15, 0.2) is 23.1 Å². The van der Waals surface area contributed by atoms with E-state index in [1.165, 1.54) is 21.3 Å². The molecule has 3 aliphatic heterocycles. The third-order valence-electron chi connectivity index (χ3n) is 4.72. The van der Waals surface area contributed by atoms with Gasteiger partial charge in [0.05, 0.1) is 10.6 Å². The fraction of sp³-hybridized carbons (Fsp3) is 0.500. The first-order valence-electron chi connectivity index (χ1n) is 8.35. The van der Waals surface area contributed by atoms with Gasteiger partial charge in [0.25, 0.3) is 5.24 Å². The molecule has 0 N–H and O–H groups in total. The Morgan fingerprint density at radius 2 is 1.73 bits per heavy atom. The Kier molecular flexibility index (Phi) is 4.57. The van der Waals surface area contributed by atoms with Crippen molar-refractivity contribution < 1.29 is 27.5 Å². The summed E-state index contributed by atoms with van der Waals surface area (Å²) in [5, 5.41) is -0.233. The molecule has 0 atom stereocenters. The van der Waals surface area contributed by atoms with Gasteiger partial charge in [-0.3, -0.25) is 14.5 Å². The molecule has 0 unspecified atom stereocenters. The number of thioether (sulfide) groups is 1. The lowest BCUT2D eigenvalue weighted by atomic mass is 10.1. The van der Waals surface area contributed by atoms with Crippen LogP contribution in [-0.4, -0.2) is 66.9 Å². The molecular formula is C16H18N2O6S2. The first-order chi connectivity index (χ1) is 12.5. The molecule has 3 heterocycles. The molecule has 0 radical (unpaired) electrons. The number of nitrogens with zero attached hydrogens (tertiary/aromatic N) is 2. The Bertz CT molecular complexity index is 832. The van der Waals surface area contributed by atoms with Gasteiger partial charge in [-0.25, -0.2) is 8.42 Å². The van der Waals surface area contributed by atoms with Gasteiger partial charge < -0.3 is 9.47 Å². The van der Waals surface area contributed by atoms with Gasteiger partial charge in [0.1, 0.15) is 13.2 Å². The molecule has 4 rings (SSSR count). The Labute approximate surface area is 155 Å². The number of benzene rings is 1. The van der Waals surface area contributed by atoms with Gasteiger partial charge in [-0.05, 0) is 25.0 Å². The lowest BCUT2D eigenvalue weighted by molar-refractivity contribution is -0.126. The van der Waals surface area contributed by atoms with Crippen LogP contribution in [0.4, 0.5) is 4.79 Å². The summed E-state index contributed by atoms with van der Waals surface area (Å²) in [5.74, 6) is 0.956. The van der Waals surface area contributed by atoms with E-state index >= 15 is 0 Å². The van der Waals surface area contributed by atoms with Crippen LogP contribution in [0.25, 0.3) is 0 Å². The predicted octanol–water partition coefficient (Wildman–Crippen LogP) is 1.31. The molecule has 140 valence electrons. The third-order valence-corrected chi connectivity index (χ3v) is 7.45. The van der Waals surface area contributed by atoms with Gasteiger partial charge in [-0.2, -0.15) is 4.31 Å². The molecule has 1 aromatic carbocycles. The van der Waals surface area contributed by atoms with E-state index < -0.39 is 10.0 Å². The van der Waals surface area contributed by atoms with Crippen LogP contribution >= 0.6 is 11.8 Å². The third kappa shape index (κ3) is 3.06. The molecule has 0 saturated carbocycles. The Hall–Kier alpha value is -1.78. The summed E-state index contributed by atoms with van der Waals surface area (Å²) in [6, 6.07) is 4.38. The summed E-state index contributed by atoms with van der Waals surface area (Å²) in [5.41, 5.74) is 0. The van der Waals surface area contributed by atoms with Crippen molar-refractivity contribution >= 4 is 32.9 Å². The Morgan fingerprint density at radius 3 is 2.38 bits per heavy atom. The van der Waals surface area contributed by atoms with E-state index in [-0.39, 0.29) is 40.9 Å². The molecule has 0 spiro atoms. The molecular weight excluding hydrogens is 380 g/mol. The number of hydrogen-bond acceptors (Lipinski definition) is 7. The highest BCUT2D eigenvalue weighted by Crippen LogP contribution is 2.34. The number of rotatable bonds is 3. The molecule has 2 saturated heterocycles. The minimum atomic E-state index is -3.67. The standard InChI is InChI=1S/C16H18N2O6S2/c19-15-10-25-16(20)18(15)11-3-5-17(6-4-11)26(21,22)12-1-2-13-14(9-12)24-8-7-23-13/h1-2,9,11H,3-8,10H2. The summed E-state index contributed by atoms with van der Waals surface area (Å²) >= 11 is 1.00. The van der Waals surface area contributed by atoms with Crippen LogP contribution in [0.2, 0.25) is 0 Å². The molecule has 0 aromatic heterocycles. The zero-order chi connectivity index (χ0) is 18.3. The van der Waals surface area contributed by atoms with Crippen LogP contribution in [0.1, 0.15) is 12.8 Å². The van der Waals surface area contributed by atoms with Gasteiger partial charge in [-0.15, -0.1) is 0 Å². The number of imide groups is 1. The van der Waals surface area contributed by atoms with Crippen molar-refractivity contribution in [3.8, 4) is 11.5 Å². The number of ether oxygens (including phenoxy) is 2. The monoisotopic (exact) mass is 398 g/mol. The van der Waals surface area contributed by atoms with Crippen molar-refractivity contribution in [1.82, 2.24) is 9.21 Å². The molecule has 2 fully saturated rings. The van der Waals surface area contributed by atoms with Crippen molar-refractivity contribution in [1.29, 1.82) is 0 Å². The number of piperidine rings is 1. The number of sulfonamides is 1. The smallest absolute Gasteiger partial charge is 0.289 e. The first kappa shape index (κ1) is 17.6. The average molecular weight is 398 g/mol. The van der Waals surface area contributed by atoms with E-state index in [9.17, 15) is 18.0 Å². The van der Waals surface area contributed by atoms with Crippen LogP contribution < -0.4 is 9.47 Å². The number of fused-ring (bicyclic) bond motifs is 1. The summed E-state index contributed by atoms with van der Waals surface area (Å²) in [6.45, 7) is 1.36. The second-order valence-electron chi connectivity index (χ2n) is 6.26. The van der Waals surface area contributed by atoms with E-state index in [0.29, 0.717) is 37.6 Å².